The number of anilines is 1. The van der Waals surface area contributed by atoms with E-state index in [0.29, 0.717) is 11.3 Å². The van der Waals surface area contributed by atoms with Gasteiger partial charge in [-0.1, -0.05) is 35.5 Å². The molecule has 0 saturated heterocycles. The molecular weight excluding hydrogens is 228 g/mol. The van der Waals surface area contributed by atoms with Crippen LogP contribution in [0.1, 0.15) is 22.5 Å². The molecule has 18 heavy (non-hydrogen) atoms. The fraction of sp³-hybridized carbons (Fsp3) is 0.308. The van der Waals surface area contributed by atoms with Gasteiger partial charge < -0.3 is 4.90 Å². The highest BCUT2D eigenvalue weighted by Crippen LogP contribution is 2.23. The molecule has 0 radical (unpaired) electrons. The van der Waals surface area contributed by atoms with Crippen LogP contribution in [0.25, 0.3) is 0 Å². The van der Waals surface area contributed by atoms with Gasteiger partial charge in [-0.3, -0.25) is 4.79 Å². The second kappa shape index (κ2) is 4.25. The summed E-state index contributed by atoms with van der Waals surface area (Å²) in [5, 5.41) is 8.10. The van der Waals surface area contributed by atoms with Crippen LogP contribution in [0.3, 0.4) is 0 Å². The quantitative estimate of drug-likeness (QED) is 0.746. The standard InChI is InChI=1S/C13H14N4O/c1-16-8-5-9-17-13(16)11(14-15-17)12(18)10-6-3-2-4-7-10/h2-4,6-7H,5,8-9H2,1H3. The molecule has 0 N–H and O–H groups in total. The number of carbonyl (C=O) groups is 1. The Morgan fingerprint density at radius 1 is 1.22 bits per heavy atom. The number of hydrogen-bond acceptors (Lipinski definition) is 4. The minimum atomic E-state index is -0.0643. The highest BCUT2D eigenvalue weighted by atomic mass is 16.1. The lowest BCUT2D eigenvalue weighted by Gasteiger charge is -2.25. The van der Waals surface area contributed by atoms with Gasteiger partial charge in [-0.15, -0.1) is 5.10 Å². The Labute approximate surface area is 105 Å². The largest absolute Gasteiger partial charge is 0.358 e. The van der Waals surface area contributed by atoms with Crippen LogP contribution in [0.4, 0.5) is 5.82 Å². The van der Waals surface area contributed by atoms with E-state index in [0.717, 1.165) is 25.3 Å². The summed E-state index contributed by atoms with van der Waals surface area (Å²) in [5.74, 6) is 0.765. The van der Waals surface area contributed by atoms with Crippen molar-refractivity contribution in [3.05, 3.63) is 41.6 Å². The van der Waals surface area contributed by atoms with Crippen molar-refractivity contribution < 1.29 is 4.79 Å². The van der Waals surface area contributed by atoms with Crippen LogP contribution in [-0.2, 0) is 6.54 Å². The van der Waals surface area contributed by atoms with Gasteiger partial charge >= 0.3 is 0 Å². The lowest BCUT2D eigenvalue weighted by molar-refractivity contribution is 0.103. The van der Waals surface area contributed by atoms with Crippen LogP contribution in [0.2, 0.25) is 0 Å². The first-order chi connectivity index (χ1) is 8.77. The Hall–Kier alpha value is -2.17. The molecule has 0 atom stereocenters. The van der Waals surface area contributed by atoms with Crippen molar-refractivity contribution in [2.75, 3.05) is 18.5 Å². The van der Waals surface area contributed by atoms with E-state index in [4.69, 9.17) is 0 Å². The van der Waals surface area contributed by atoms with Gasteiger partial charge in [-0.05, 0) is 6.42 Å². The SMILES string of the molecule is CN1CCCn2nnc(C(=O)c3ccccc3)c21. The molecule has 0 amide bonds. The molecule has 92 valence electrons. The predicted octanol–water partition coefficient (Wildman–Crippen LogP) is 1.35. The van der Waals surface area contributed by atoms with Gasteiger partial charge in [0.1, 0.15) is 0 Å². The number of ketones is 1. The van der Waals surface area contributed by atoms with Crippen LogP contribution in [0, 0.1) is 0 Å². The molecule has 1 aliphatic rings. The Balaban J connectivity index is 2.03. The van der Waals surface area contributed by atoms with Crippen LogP contribution in [-0.4, -0.2) is 34.4 Å². The van der Waals surface area contributed by atoms with Crippen molar-refractivity contribution in [2.45, 2.75) is 13.0 Å². The number of nitrogens with zero attached hydrogens (tertiary/aromatic N) is 4. The average Bonchev–Trinajstić information content (AvgIpc) is 2.84. The van der Waals surface area contributed by atoms with Crippen molar-refractivity contribution in [1.29, 1.82) is 0 Å². The molecule has 0 bridgehead atoms. The Morgan fingerprint density at radius 2 is 2.00 bits per heavy atom. The number of fused-ring (bicyclic) bond motifs is 1. The van der Waals surface area contributed by atoms with Crippen molar-refractivity contribution in [3.63, 3.8) is 0 Å². The molecule has 2 aromatic rings. The molecule has 0 saturated carbocycles. The van der Waals surface area contributed by atoms with Crippen LogP contribution in [0.15, 0.2) is 30.3 Å². The van der Waals surface area contributed by atoms with E-state index in [1.807, 2.05) is 30.1 Å². The van der Waals surface area contributed by atoms with E-state index in [1.54, 1.807) is 16.8 Å². The van der Waals surface area contributed by atoms with E-state index in [-0.39, 0.29) is 5.78 Å². The van der Waals surface area contributed by atoms with Crippen molar-refractivity contribution in [2.24, 2.45) is 0 Å². The zero-order valence-electron chi connectivity index (χ0n) is 10.2. The van der Waals surface area contributed by atoms with Gasteiger partial charge in [-0.2, -0.15) is 0 Å². The third kappa shape index (κ3) is 1.68. The molecule has 0 spiro atoms. The van der Waals surface area contributed by atoms with E-state index >= 15 is 0 Å². The van der Waals surface area contributed by atoms with E-state index < -0.39 is 0 Å². The van der Waals surface area contributed by atoms with Gasteiger partial charge in [0.05, 0.1) is 0 Å². The summed E-state index contributed by atoms with van der Waals surface area (Å²) in [6, 6.07) is 9.21. The van der Waals surface area contributed by atoms with Gasteiger partial charge in [0.25, 0.3) is 0 Å². The van der Waals surface area contributed by atoms with Gasteiger partial charge in [0, 0.05) is 25.7 Å². The number of carbonyl (C=O) groups excluding carboxylic acids is 1. The van der Waals surface area contributed by atoms with Crippen LogP contribution < -0.4 is 4.90 Å². The molecule has 5 nitrogen and oxygen atoms in total. The first-order valence-electron chi connectivity index (χ1n) is 6.02. The first-order valence-corrected chi connectivity index (χ1v) is 6.02. The zero-order valence-corrected chi connectivity index (χ0v) is 10.2. The molecule has 1 aromatic heterocycles. The summed E-state index contributed by atoms with van der Waals surface area (Å²) in [5.41, 5.74) is 1.10. The third-order valence-corrected chi connectivity index (χ3v) is 3.19. The maximum absolute atomic E-state index is 12.4. The van der Waals surface area contributed by atoms with Crippen LogP contribution >= 0.6 is 0 Å². The summed E-state index contributed by atoms with van der Waals surface area (Å²) in [7, 11) is 1.97. The molecule has 2 heterocycles. The second-order valence-electron chi connectivity index (χ2n) is 4.46. The molecule has 1 aliphatic heterocycles. The fourth-order valence-corrected chi connectivity index (χ4v) is 2.27. The number of hydrogen-bond donors (Lipinski definition) is 0. The summed E-state index contributed by atoms with van der Waals surface area (Å²) in [4.78, 5) is 14.4. The lowest BCUT2D eigenvalue weighted by Crippen LogP contribution is -2.29. The smallest absolute Gasteiger partial charge is 0.217 e. The fourth-order valence-electron chi connectivity index (χ4n) is 2.27. The molecule has 1 aromatic carbocycles. The topological polar surface area (TPSA) is 51.0 Å². The van der Waals surface area contributed by atoms with Gasteiger partial charge in [0.15, 0.2) is 11.5 Å². The minimum absolute atomic E-state index is 0.0643. The predicted molar refractivity (Wildman–Crippen MR) is 67.8 cm³/mol. The molecule has 3 rings (SSSR count). The van der Waals surface area contributed by atoms with E-state index in [9.17, 15) is 4.79 Å². The lowest BCUT2D eigenvalue weighted by atomic mass is 10.1. The van der Waals surface area contributed by atoms with Gasteiger partial charge in [0.2, 0.25) is 5.78 Å². The van der Waals surface area contributed by atoms with Crippen LogP contribution in [0.5, 0.6) is 0 Å². The second-order valence-corrected chi connectivity index (χ2v) is 4.46. The summed E-state index contributed by atoms with van der Waals surface area (Å²) in [6.45, 7) is 1.76. The number of aryl methyl sites for hydroxylation is 1. The number of benzene rings is 1. The molecule has 0 unspecified atom stereocenters. The molecule has 0 fully saturated rings. The Bertz CT molecular complexity index is 576. The number of rotatable bonds is 2. The Morgan fingerprint density at radius 3 is 2.78 bits per heavy atom. The minimum Gasteiger partial charge on any atom is -0.358 e. The first kappa shape index (κ1) is 11.0. The third-order valence-electron chi connectivity index (χ3n) is 3.19. The summed E-state index contributed by atoms with van der Waals surface area (Å²) < 4.78 is 1.81. The Kier molecular flexibility index (Phi) is 2.59. The maximum Gasteiger partial charge on any atom is 0.217 e. The zero-order chi connectivity index (χ0) is 12.5. The van der Waals surface area contributed by atoms with Crippen molar-refractivity contribution in [3.8, 4) is 0 Å². The van der Waals surface area contributed by atoms with Gasteiger partial charge in [-0.25, -0.2) is 4.68 Å². The van der Waals surface area contributed by atoms with E-state index in [2.05, 4.69) is 10.3 Å². The molecule has 0 aliphatic carbocycles. The molecular formula is C13H14N4O. The normalized spacial score (nSPS) is 14.4. The highest BCUT2D eigenvalue weighted by molar-refractivity contribution is 6.10. The highest BCUT2D eigenvalue weighted by Gasteiger charge is 2.25. The maximum atomic E-state index is 12.4. The summed E-state index contributed by atoms with van der Waals surface area (Å²) >= 11 is 0. The summed E-state index contributed by atoms with van der Waals surface area (Å²) in [6.07, 6.45) is 1.03. The number of aromatic nitrogens is 3. The average molecular weight is 242 g/mol. The van der Waals surface area contributed by atoms with Crippen molar-refractivity contribution >= 4 is 11.6 Å². The monoisotopic (exact) mass is 242 g/mol. The van der Waals surface area contributed by atoms with Crippen molar-refractivity contribution in [1.82, 2.24) is 15.0 Å². The molecule has 5 heteroatoms. The van der Waals surface area contributed by atoms with E-state index in [1.165, 1.54) is 0 Å².